The molecule has 0 amide bonds. The second-order valence-electron chi connectivity index (χ2n) is 5.35. The number of rotatable bonds is 3. The van der Waals surface area contributed by atoms with Crippen LogP contribution in [0.5, 0.6) is 0 Å². The molecular weight excluding hydrogens is 287 g/mol. The Hall–Kier alpha value is -1.47. The molecule has 0 bridgehead atoms. The molecule has 0 fully saturated rings. The van der Waals surface area contributed by atoms with Gasteiger partial charge < -0.3 is 5.32 Å². The van der Waals surface area contributed by atoms with Crippen molar-refractivity contribution in [2.24, 2.45) is 0 Å². The summed E-state index contributed by atoms with van der Waals surface area (Å²) in [4.78, 5) is 0. The standard InChI is InChI=1S/C13H14F3N3S/c1-13(2,3)17-6-10-18-19-12(20-10)11-8(15)4-7(14)5-9(11)16/h4-5,17H,6H2,1-3H3. The molecule has 0 aliphatic heterocycles. The number of benzene rings is 1. The molecule has 1 aromatic carbocycles. The fourth-order valence-electron chi connectivity index (χ4n) is 1.51. The number of nitrogens with zero attached hydrogens (tertiary/aromatic N) is 2. The lowest BCUT2D eigenvalue weighted by molar-refractivity contribution is 0.423. The van der Waals surface area contributed by atoms with E-state index >= 15 is 0 Å². The molecule has 1 heterocycles. The molecule has 7 heteroatoms. The first-order valence-corrected chi connectivity index (χ1v) is 6.80. The molecule has 0 saturated carbocycles. The summed E-state index contributed by atoms with van der Waals surface area (Å²) in [5.41, 5.74) is -0.441. The van der Waals surface area contributed by atoms with Gasteiger partial charge in [0.1, 0.15) is 22.5 Å². The number of hydrogen-bond donors (Lipinski definition) is 1. The predicted molar refractivity (Wildman–Crippen MR) is 71.8 cm³/mol. The van der Waals surface area contributed by atoms with E-state index < -0.39 is 17.5 Å². The Morgan fingerprint density at radius 1 is 1.10 bits per heavy atom. The molecule has 2 aromatic rings. The van der Waals surface area contributed by atoms with Crippen molar-refractivity contribution in [3.8, 4) is 10.6 Å². The van der Waals surface area contributed by atoms with Crippen molar-refractivity contribution in [1.29, 1.82) is 0 Å². The maximum atomic E-state index is 13.6. The summed E-state index contributed by atoms with van der Waals surface area (Å²) in [6.45, 7) is 6.43. The molecule has 20 heavy (non-hydrogen) atoms. The summed E-state index contributed by atoms with van der Waals surface area (Å²) in [6.07, 6.45) is 0. The molecule has 3 nitrogen and oxygen atoms in total. The minimum Gasteiger partial charge on any atom is -0.306 e. The summed E-state index contributed by atoms with van der Waals surface area (Å²) in [6, 6.07) is 1.26. The molecular formula is C13H14F3N3S. The first kappa shape index (κ1) is 14.9. The van der Waals surface area contributed by atoms with E-state index in [0.717, 1.165) is 11.3 Å². The van der Waals surface area contributed by atoms with Gasteiger partial charge in [-0.2, -0.15) is 0 Å². The number of aromatic nitrogens is 2. The van der Waals surface area contributed by atoms with Crippen LogP contribution in [0, 0.1) is 17.5 Å². The highest BCUT2D eigenvalue weighted by Crippen LogP contribution is 2.29. The molecule has 0 saturated heterocycles. The zero-order chi connectivity index (χ0) is 14.9. The summed E-state index contributed by atoms with van der Waals surface area (Å²) in [5.74, 6) is -2.91. The van der Waals surface area contributed by atoms with Gasteiger partial charge in [-0.05, 0) is 20.8 Å². The third-order valence-electron chi connectivity index (χ3n) is 2.46. The quantitative estimate of drug-likeness (QED) is 0.942. The fraction of sp³-hybridized carbons (Fsp3) is 0.385. The first-order chi connectivity index (χ1) is 9.26. The van der Waals surface area contributed by atoms with E-state index in [1.54, 1.807) is 0 Å². The van der Waals surface area contributed by atoms with E-state index in [1.165, 1.54) is 0 Å². The van der Waals surface area contributed by atoms with Crippen LogP contribution >= 0.6 is 11.3 Å². The minimum absolute atomic E-state index is 0.0990. The number of hydrogen-bond acceptors (Lipinski definition) is 4. The summed E-state index contributed by atoms with van der Waals surface area (Å²) in [5, 5.41) is 11.6. The lowest BCUT2D eigenvalue weighted by atomic mass is 10.1. The molecule has 0 aliphatic carbocycles. The Balaban J connectivity index is 2.25. The lowest BCUT2D eigenvalue weighted by Crippen LogP contribution is -2.35. The Morgan fingerprint density at radius 2 is 1.70 bits per heavy atom. The van der Waals surface area contributed by atoms with Gasteiger partial charge in [0.05, 0.1) is 12.1 Å². The molecule has 0 aliphatic rings. The fourth-order valence-corrected chi connectivity index (χ4v) is 2.34. The van der Waals surface area contributed by atoms with E-state index in [4.69, 9.17) is 0 Å². The van der Waals surface area contributed by atoms with Crippen LogP contribution in [-0.4, -0.2) is 15.7 Å². The van der Waals surface area contributed by atoms with Gasteiger partial charge in [0, 0.05) is 17.7 Å². The molecule has 108 valence electrons. The highest BCUT2D eigenvalue weighted by atomic mass is 32.1. The molecule has 0 atom stereocenters. The van der Waals surface area contributed by atoms with Gasteiger partial charge in [0.25, 0.3) is 0 Å². The van der Waals surface area contributed by atoms with Crippen molar-refractivity contribution in [3.05, 3.63) is 34.6 Å². The van der Waals surface area contributed by atoms with Crippen LogP contribution in [0.4, 0.5) is 13.2 Å². The molecule has 0 radical (unpaired) electrons. The summed E-state index contributed by atoms with van der Waals surface area (Å²) < 4.78 is 40.1. The number of halogens is 3. The summed E-state index contributed by atoms with van der Waals surface area (Å²) in [7, 11) is 0. The Morgan fingerprint density at radius 3 is 2.25 bits per heavy atom. The van der Waals surface area contributed by atoms with Crippen molar-refractivity contribution in [1.82, 2.24) is 15.5 Å². The Kier molecular flexibility index (Phi) is 4.10. The zero-order valence-corrected chi connectivity index (χ0v) is 12.1. The SMILES string of the molecule is CC(C)(C)NCc1nnc(-c2c(F)cc(F)cc2F)s1. The second kappa shape index (κ2) is 5.49. The van der Waals surface area contributed by atoms with Crippen molar-refractivity contribution in [2.75, 3.05) is 0 Å². The van der Waals surface area contributed by atoms with Crippen LogP contribution in [0.25, 0.3) is 10.6 Å². The van der Waals surface area contributed by atoms with E-state index in [0.29, 0.717) is 23.7 Å². The average Bonchev–Trinajstić information content (AvgIpc) is 2.72. The van der Waals surface area contributed by atoms with Crippen molar-refractivity contribution in [3.63, 3.8) is 0 Å². The summed E-state index contributed by atoms with van der Waals surface area (Å²) >= 11 is 1.07. The maximum Gasteiger partial charge on any atom is 0.153 e. The third kappa shape index (κ3) is 3.55. The lowest BCUT2D eigenvalue weighted by Gasteiger charge is -2.19. The van der Waals surface area contributed by atoms with Gasteiger partial charge >= 0.3 is 0 Å². The minimum atomic E-state index is -0.978. The second-order valence-corrected chi connectivity index (χ2v) is 6.41. The van der Waals surface area contributed by atoms with Gasteiger partial charge in [0.15, 0.2) is 5.01 Å². The van der Waals surface area contributed by atoms with Crippen LogP contribution < -0.4 is 5.32 Å². The van der Waals surface area contributed by atoms with Crippen LogP contribution in [0.15, 0.2) is 12.1 Å². The first-order valence-electron chi connectivity index (χ1n) is 5.98. The van der Waals surface area contributed by atoms with Crippen molar-refractivity contribution < 1.29 is 13.2 Å². The molecule has 0 unspecified atom stereocenters. The normalized spacial score (nSPS) is 11.9. The average molecular weight is 301 g/mol. The smallest absolute Gasteiger partial charge is 0.153 e. The molecule has 2 rings (SSSR count). The van der Waals surface area contributed by atoms with Crippen LogP contribution in [-0.2, 0) is 6.54 Å². The third-order valence-corrected chi connectivity index (χ3v) is 3.40. The van der Waals surface area contributed by atoms with Gasteiger partial charge in [-0.25, -0.2) is 13.2 Å². The van der Waals surface area contributed by atoms with Gasteiger partial charge in [-0.3, -0.25) is 0 Å². The van der Waals surface area contributed by atoms with Gasteiger partial charge in [0.2, 0.25) is 0 Å². The van der Waals surface area contributed by atoms with Crippen LogP contribution in [0.3, 0.4) is 0 Å². The molecule has 1 aromatic heterocycles. The highest BCUT2D eigenvalue weighted by molar-refractivity contribution is 7.14. The van der Waals surface area contributed by atoms with E-state index in [2.05, 4.69) is 15.5 Å². The molecule has 1 N–H and O–H groups in total. The van der Waals surface area contributed by atoms with Crippen LogP contribution in [0.2, 0.25) is 0 Å². The largest absolute Gasteiger partial charge is 0.306 e. The van der Waals surface area contributed by atoms with Crippen molar-refractivity contribution >= 4 is 11.3 Å². The van der Waals surface area contributed by atoms with Crippen LogP contribution in [0.1, 0.15) is 25.8 Å². The Labute approximate surface area is 118 Å². The topological polar surface area (TPSA) is 37.8 Å². The monoisotopic (exact) mass is 301 g/mol. The number of nitrogens with one attached hydrogen (secondary N) is 1. The molecule has 0 spiro atoms. The highest BCUT2D eigenvalue weighted by Gasteiger charge is 2.18. The predicted octanol–water partition coefficient (Wildman–Crippen LogP) is 3.51. The maximum absolute atomic E-state index is 13.6. The van der Waals surface area contributed by atoms with Gasteiger partial charge in [-0.15, -0.1) is 10.2 Å². The van der Waals surface area contributed by atoms with E-state index in [9.17, 15) is 13.2 Å². The Bertz CT molecular complexity index is 597. The zero-order valence-electron chi connectivity index (χ0n) is 11.3. The van der Waals surface area contributed by atoms with Gasteiger partial charge in [-0.1, -0.05) is 11.3 Å². The van der Waals surface area contributed by atoms with E-state index in [-0.39, 0.29) is 16.1 Å². The van der Waals surface area contributed by atoms with Crippen molar-refractivity contribution in [2.45, 2.75) is 32.9 Å². The van der Waals surface area contributed by atoms with E-state index in [1.807, 2.05) is 20.8 Å².